The second kappa shape index (κ2) is 4.75. The van der Waals surface area contributed by atoms with Gasteiger partial charge in [0.15, 0.2) is 6.29 Å². The summed E-state index contributed by atoms with van der Waals surface area (Å²) >= 11 is 1.44. The fraction of sp³-hybridized carbons (Fsp3) is 0.500. The lowest BCUT2D eigenvalue weighted by molar-refractivity contribution is 0.112. The summed E-state index contributed by atoms with van der Waals surface area (Å²) in [7, 11) is -3.08. The van der Waals surface area contributed by atoms with Crippen LogP contribution in [0, 0.1) is 0 Å². The van der Waals surface area contributed by atoms with E-state index in [1.165, 1.54) is 21.9 Å². The van der Waals surface area contributed by atoms with E-state index in [0.29, 0.717) is 31.1 Å². The van der Waals surface area contributed by atoms with Crippen LogP contribution in [-0.2, 0) is 10.0 Å². The van der Waals surface area contributed by atoms with Crippen LogP contribution >= 0.6 is 11.3 Å². The number of rotatable bonds is 3. The van der Waals surface area contributed by atoms with Gasteiger partial charge >= 0.3 is 0 Å². The van der Waals surface area contributed by atoms with E-state index in [-0.39, 0.29) is 0 Å². The van der Waals surface area contributed by atoms with Gasteiger partial charge < -0.3 is 4.90 Å². The zero-order valence-electron chi connectivity index (χ0n) is 9.50. The molecule has 5 nitrogen and oxygen atoms in total. The van der Waals surface area contributed by atoms with E-state index in [4.69, 9.17) is 0 Å². The van der Waals surface area contributed by atoms with E-state index in [0.717, 1.165) is 11.3 Å². The average molecular weight is 274 g/mol. The molecule has 2 heterocycles. The molecule has 0 aliphatic carbocycles. The first-order valence-electron chi connectivity index (χ1n) is 5.26. The second-order valence-corrected chi connectivity index (χ2v) is 7.02. The molecule has 0 amide bonds. The lowest BCUT2D eigenvalue weighted by atomic mass is 10.4. The number of sulfonamides is 1. The molecule has 17 heavy (non-hydrogen) atoms. The van der Waals surface area contributed by atoms with E-state index >= 15 is 0 Å². The smallest absolute Gasteiger partial charge is 0.211 e. The molecule has 94 valence electrons. The summed E-state index contributed by atoms with van der Waals surface area (Å²) in [6, 6.07) is 3.69. The van der Waals surface area contributed by atoms with Crippen LogP contribution < -0.4 is 4.90 Å². The molecule has 0 aromatic carbocycles. The van der Waals surface area contributed by atoms with Gasteiger partial charge in [0, 0.05) is 26.2 Å². The van der Waals surface area contributed by atoms with Crippen molar-refractivity contribution >= 4 is 32.6 Å². The zero-order chi connectivity index (χ0) is 12.5. The highest BCUT2D eigenvalue weighted by molar-refractivity contribution is 7.88. The summed E-state index contributed by atoms with van der Waals surface area (Å²) < 4.78 is 24.2. The number of carbonyl (C=O) groups excluding carboxylic acids is 1. The van der Waals surface area contributed by atoms with Crippen LogP contribution in [-0.4, -0.2) is 51.4 Å². The summed E-state index contributed by atoms with van der Waals surface area (Å²) in [5, 5.41) is 1.03. The average Bonchev–Trinajstić information content (AvgIpc) is 2.76. The van der Waals surface area contributed by atoms with Gasteiger partial charge in [-0.3, -0.25) is 4.79 Å². The van der Waals surface area contributed by atoms with Crippen LogP contribution in [0.3, 0.4) is 0 Å². The van der Waals surface area contributed by atoms with Crippen molar-refractivity contribution < 1.29 is 13.2 Å². The zero-order valence-corrected chi connectivity index (χ0v) is 11.1. The van der Waals surface area contributed by atoms with Crippen molar-refractivity contribution in [2.45, 2.75) is 0 Å². The van der Waals surface area contributed by atoms with E-state index in [9.17, 15) is 13.2 Å². The topological polar surface area (TPSA) is 57.7 Å². The van der Waals surface area contributed by atoms with Crippen molar-refractivity contribution in [1.29, 1.82) is 0 Å². The molecule has 1 aliphatic heterocycles. The van der Waals surface area contributed by atoms with E-state index in [1.54, 1.807) is 6.07 Å². The molecule has 2 rings (SSSR count). The van der Waals surface area contributed by atoms with Crippen LogP contribution in [0.1, 0.15) is 9.67 Å². The highest BCUT2D eigenvalue weighted by atomic mass is 32.2. The van der Waals surface area contributed by atoms with Crippen molar-refractivity contribution in [3.63, 3.8) is 0 Å². The first-order chi connectivity index (χ1) is 8.00. The number of hydrogen-bond donors (Lipinski definition) is 0. The fourth-order valence-electron chi connectivity index (χ4n) is 1.82. The number of aldehydes is 1. The Bertz CT molecular complexity index is 501. The third-order valence-corrected chi connectivity index (χ3v) is 5.12. The van der Waals surface area contributed by atoms with Crippen molar-refractivity contribution in [3.8, 4) is 0 Å². The van der Waals surface area contributed by atoms with Gasteiger partial charge in [0.05, 0.1) is 16.1 Å². The van der Waals surface area contributed by atoms with Gasteiger partial charge in [-0.25, -0.2) is 8.42 Å². The van der Waals surface area contributed by atoms with Crippen LogP contribution in [0.25, 0.3) is 0 Å². The van der Waals surface area contributed by atoms with Crippen LogP contribution in [0.2, 0.25) is 0 Å². The number of thiophene rings is 1. The molecular formula is C10H14N2O3S2. The molecule has 0 unspecified atom stereocenters. The Labute approximate surface area is 105 Å². The maximum absolute atomic E-state index is 11.3. The Morgan fingerprint density at radius 2 is 1.88 bits per heavy atom. The largest absolute Gasteiger partial charge is 0.361 e. The first-order valence-corrected chi connectivity index (χ1v) is 7.92. The first kappa shape index (κ1) is 12.5. The van der Waals surface area contributed by atoms with Crippen LogP contribution in [0.4, 0.5) is 5.00 Å². The molecule has 0 saturated carbocycles. The van der Waals surface area contributed by atoms with Crippen molar-refractivity contribution in [1.82, 2.24) is 4.31 Å². The molecule has 1 aliphatic rings. The highest BCUT2D eigenvalue weighted by Crippen LogP contribution is 2.26. The Balaban J connectivity index is 2.02. The monoisotopic (exact) mass is 274 g/mol. The molecule has 0 atom stereocenters. The van der Waals surface area contributed by atoms with Gasteiger partial charge in [-0.2, -0.15) is 4.31 Å². The van der Waals surface area contributed by atoms with Crippen molar-refractivity contribution in [2.24, 2.45) is 0 Å². The summed E-state index contributed by atoms with van der Waals surface area (Å²) in [5.41, 5.74) is 0. The Hall–Kier alpha value is -0.920. The van der Waals surface area contributed by atoms with Crippen molar-refractivity contribution in [3.05, 3.63) is 17.0 Å². The Morgan fingerprint density at radius 3 is 2.35 bits per heavy atom. The maximum atomic E-state index is 11.3. The molecule has 0 bridgehead atoms. The number of piperazine rings is 1. The van der Waals surface area contributed by atoms with Gasteiger partial charge in [-0.15, -0.1) is 11.3 Å². The second-order valence-electron chi connectivity index (χ2n) is 3.94. The van der Waals surface area contributed by atoms with E-state index in [1.807, 2.05) is 6.07 Å². The molecule has 0 spiro atoms. The summed E-state index contributed by atoms with van der Waals surface area (Å²) in [6.45, 7) is 2.36. The molecular weight excluding hydrogens is 260 g/mol. The van der Waals surface area contributed by atoms with Crippen LogP contribution in [0.15, 0.2) is 12.1 Å². The molecule has 1 saturated heterocycles. The minimum Gasteiger partial charge on any atom is -0.361 e. The third-order valence-electron chi connectivity index (χ3n) is 2.75. The van der Waals surface area contributed by atoms with Gasteiger partial charge in [0.2, 0.25) is 10.0 Å². The number of nitrogens with zero attached hydrogens (tertiary/aromatic N) is 2. The Kier molecular flexibility index (Phi) is 3.50. The predicted octanol–water partition coefficient (Wildman–Crippen LogP) is 0.642. The summed E-state index contributed by atoms with van der Waals surface area (Å²) in [6.07, 6.45) is 2.07. The quantitative estimate of drug-likeness (QED) is 0.759. The normalized spacial score (nSPS) is 18.3. The van der Waals surface area contributed by atoms with E-state index < -0.39 is 10.0 Å². The minimum absolute atomic E-state index is 0.507. The van der Waals surface area contributed by atoms with Gasteiger partial charge in [-0.05, 0) is 12.1 Å². The minimum atomic E-state index is -3.08. The number of anilines is 1. The summed E-state index contributed by atoms with van der Waals surface area (Å²) in [5.74, 6) is 0. The Morgan fingerprint density at radius 1 is 1.24 bits per heavy atom. The van der Waals surface area contributed by atoms with Crippen LogP contribution in [0.5, 0.6) is 0 Å². The standard InChI is InChI=1S/C10H14N2O3S2/c1-17(14,15)12-6-4-11(5-7-12)10-3-2-9(8-13)16-10/h2-3,8H,4-7H2,1H3. The summed E-state index contributed by atoms with van der Waals surface area (Å²) in [4.78, 5) is 13.4. The molecule has 0 radical (unpaired) electrons. The molecule has 1 aromatic rings. The lowest BCUT2D eigenvalue weighted by Crippen LogP contribution is -2.48. The molecule has 1 aromatic heterocycles. The van der Waals surface area contributed by atoms with Crippen molar-refractivity contribution in [2.75, 3.05) is 37.3 Å². The molecule has 7 heteroatoms. The third kappa shape index (κ3) is 2.85. The lowest BCUT2D eigenvalue weighted by Gasteiger charge is -2.33. The predicted molar refractivity (Wildman–Crippen MR) is 68.3 cm³/mol. The number of hydrogen-bond acceptors (Lipinski definition) is 5. The maximum Gasteiger partial charge on any atom is 0.211 e. The van der Waals surface area contributed by atoms with Gasteiger partial charge in [-0.1, -0.05) is 0 Å². The van der Waals surface area contributed by atoms with Gasteiger partial charge in [0.25, 0.3) is 0 Å². The highest BCUT2D eigenvalue weighted by Gasteiger charge is 2.23. The fourth-order valence-corrected chi connectivity index (χ4v) is 3.52. The SMILES string of the molecule is CS(=O)(=O)N1CCN(c2ccc(C=O)s2)CC1. The van der Waals surface area contributed by atoms with E-state index in [2.05, 4.69) is 4.90 Å². The number of carbonyl (C=O) groups is 1. The molecule has 0 N–H and O–H groups in total. The van der Waals surface area contributed by atoms with Gasteiger partial charge in [0.1, 0.15) is 0 Å². The molecule has 1 fully saturated rings.